The van der Waals surface area contributed by atoms with Gasteiger partial charge in [-0.15, -0.1) is 0 Å². The van der Waals surface area contributed by atoms with Gasteiger partial charge in [0.1, 0.15) is 18.2 Å². The summed E-state index contributed by atoms with van der Waals surface area (Å²) in [5.41, 5.74) is 1.42. The highest BCUT2D eigenvalue weighted by Gasteiger charge is 2.59. The molecular formula is C23H21ClFN3O2. The fraction of sp³-hybridized carbons (Fsp3) is 0.348. The van der Waals surface area contributed by atoms with Crippen LogP contribution in [0.3, 0.4) is 0 Å². The van der Waals surface area contributed by atoms with E-state index in [-0.39, 0.29) is 23.7 Å². The van der Waals surface area contributed by atoms with Gasteiger partial charge in [0.15, 0.2) is 0 Å². The molecule has 0 aliphatic heterocycles. The summed E-state index contributed by atoms with van der Waals surface area (Å²) >= 11 is 5.90. The number of amides is 1. The topological polar surface area (TPSA) is 64.1 Å². The summed E-state index contributed by atoms with van der Waals surface area (Å²) in [7, 11) is 0. The van der Waals surface area contributed by atoms with Crippen molar-refractivity contribution < 1.29 is 13.9 Å². The van der Waals surface area contributed by atoms with Crippen LogP contribution in [-0.4, -0.2) is 22.0 Å². The number of rotatable bonds is 5. The highest BCUT2D eigenvalue weighted by atomic mass is 35.5. The van der Waals surface area contributed by atoms with E-state index in [0.717, 1.165) is 18.5 Å². The van der Waals surface area contributed by atoms with Crippen molar-refractivity contribution in [2.24, 2.45) is 23.7 Å². The van der Waals surface area contributed by atoms with Crippen molar-refractivity contribution in [3.63, 3.8) is 0 Å². The van der Waals surface area contributed by atoms with Gasteiger partial charge in [-0.25, -0.2) is 14.4 Å². The first-order chi connectivity index (χ1) is 14.5. The number of benzene rings is 2. The summed E-state index contributed by atoms with van der Waals surface area (Å²) in [5.74, 6) is 1.39. The fourth-order valence-electron chi connectivity index (χ4n) is 4.90. The summed E-state index contributed by atoms with van der Waals surface area (Å²) in [5, 5.41) is 4.20. The number of anilines is 1. The minimum Gasteiger partial charge on any atom is -0.474 e. The van der Waals surface area contributed by atoms with Crippen LogP contribution in [0.25, 0.3) is 10.9 Å². The van der Waals surface area contributed by atoms with E-state index in [0.29, 0.717) is 39.6 Å². The standard InChI is InChI=1S/C23H21ClFN3O2/c1-12(22(29)28-15-5-2-13(24)3-6-15)21-17-9-16(10-18(17)21)30-23-19-8-14(25)4-7-20(19)26-11-27-23/h2-8,11-12,16-18,21H,9-10H2,1H3,(H,28,29)/t12?,16-,17-,18+,21+. The van der Waals surface area contributed by atoms with Gasteiger partial charge >= 0.3 is 0 Å². The molecule has 0 saturated heterocycles. The lowest BCUT2D eigenvalue weighted by Gasteiger charge is -2.19. The number of aromatic nitrogens is 2. The van der Waals surface area contributed by atoms with E-state index in [1.807, 2.05) is 6.92 Å². The van der Waals surface area contributed by atoms with Crippen LogP contribution < -0.4 is 10.1 Å². The maximum atomic E-state index is 13.6. The predicted octanol–water partition coefficient (Wildman–Crippen LogP) is 5.10. The average Bonchev–Trinajstić information content (AvgIpc) is 3.24. The number of nitrogens with zero attached hydrogens (tertiary/aromatic N) is 2. The Kier molecular flexibility index (Phi) is 4.82. The second-order valence-corrected chi connectivity index (χ2v) is 8.68. The van der Waals surface area contributed by atoms with Gasteiger partial charge in [-0.3, -0.25) is 4.79 Å². The minimum atomic E-state index is -0.336. The Bertz CT molecular complexity index is 1100. The molecule has 0 spiro atoms. The van der Waals surface area contributed by atoms with Crippen LogP contribution in [0.4, 0.5) is 10.1 Å². The van der Waals surface area contributed by atoms with Crippen molar-refractivity contribution in [2.45, 2.75) is 25.9 Å². The molecule has 2 aromatic carbocycles. The summed E-state index contributed by atoms with van der Waals surface area (Å²) in [6, 6.07) is 11.6. The van der Waals surface area contributed by atoms with Crippen LogP contribution in [0.2, 0.25) is 5.02 Å². The zero-order valence-corrected chi connectivity index (χ0v) is 17.1. The van der Waals surface area contributed by atoms with Gasteiger partial charge in [0.25, 0.3) is 0 Å². The lowest BCUT2D eigenvalue weighted by Crippen LogP contribution is -2.25. The highest BCUT2D eigenvalue weighted by Crippen LogP contribution is 2.61. The number of carbonyl (C=O) groups excluding carboxylic acids is 1. The third-order valence-electron chi connectivity index (χ3n) is 6.41. The van der Waals surface area contributed by atoms with Crippen LogP contribution in [0.15, 0.2) is 48.8 Å². The number of carbonyl (C=O) groups is 1. The van der Waals surface area contributed by atoms with Crippen LogP contribution in [0.5, 0.6) is 5.88 Å². The van der Waals surface area contributed by atoms with Gasteiger partial charge in [-0.1, -0.05) is 18.5 Å². The summed E-state index contributed by atoms with van der Waals surface area (Å²) < 4.78 is 19.7. The predicted molar refractivity (Wildman–Crippen MR) is 113 cm³/mol. The molecule has 1 N–H and O–H groups in total. The normalized spacial score (nSPS) is 25.6. The molecule has 3 aromatic rings. The molecule has 2 aliphatic carbocycles. The maximum absolute atomic E-state index is 13.6. The van der Waals surface area contributed by atoms with Crippen molar-refractivity contribution in [1.29, 1.82) is 0 Å². The Hall–Kier alpha value is -2.73. The van der Waals surface area contributed by atoms with Crippen LogP contribution in [0, 0.1) is 29.5 Å². The Labute approximate surface area is 178 Å². The number of ether oxygens (including phenoxy) is 1. The van der Waals surface area contributed by atoms with Gasteiger partial charge in [0, 0.05) is 16.6 Å². The zero-order chi connectivity index (χ0) is 20.8. The Morgan fingerprint density at radius 3 is 2.63 bits per heavy atom. The molecule has 5 rings (SSSR count). The first-order valence-corrected chi connectivity index (χ1v) is 10.5. The molecule has 2 saturated carbocycles. The number of nitrogens with one attached hydrogen (secondary N) is 1. The zero-order valence-electron chi connectivity index (χ0n) is 16.4. The molecular weight excluding hydrogens is 405 g/mol. The number of hydrogen-bond donors (Lipinski definition) is 1. The molecule has 1 unspecified atom stereocenters. The number of fused-ring (bicyclic) bond motifs is 2. The third-order valence-corrected chi connectivity index (χ3v) is 6.66. The first-order valence-electron chi connectivity index (χ1n) is 10.1. The van der Waals surface area contributed by atoms with Gasteiger partial charge in [-0.2, -0.15) is 0 Å². The van der Waals surface area contributed by atoms with Crippen molar-refractivity contribution in [3.8, 4) is 5.88 Å². The molecule has 5 atom stereocenters. The lowest BCUT2D eigenvalue weighted by molar-refractivity contribution is -0.120. The average molecular weight is 426 g/mol. The van der Waals surface area contributed by atoms with Crippen molar-refractivity contribution in [2.75, 3.05) is 5.32 Å². The third kappa shape index (κ3) is 3.60. The van der Waals surface area contributed by atoms with E-state index >= 15 is 0 Å². The van der Waals surface area contributed by atoms with Crippen LogP contribution in [-0.2, 0) is 4.79 Å². The van der Waals surface area contributed by atoms with E-state index in [1.54, 1.807) is 30.3 Å². The van der Waals surface area contributed by atoms with Crippen LogP contribution in [0.1, 0.15) is 19.8 Å². The molecule has 2 aliphatic rings. The maximum Gasteiger partial charge on any atom is 0.227 e. The van der Waals surface area contributed by atoms with Gasteiger partial charge in [0.2, 0.25) is 11.8 Å². The molecule has 154 valence electrons. The molecule has 1 amide bonds. The van der Waals surface area contributed by atoms with E-state index in [1.165, 1.54) is 18.5 Å². The Morgan fingerprint density at radius 2 is 1.90 bits per heavy atom. The van der Waals surface area contributed by atoms with Crippen molar-refractivity contribution in [3.05, 3.63) is 59.6 Å². The monoisotopic (exact) mass is 425 g/mol. The van der Waals surface area contributed by atoms with Gasteiger partial charge in [-0.05, 0) is 73.1 Å². The van der Waals surface area contributed by atoms with Crippen molar-refractivity contribution in [1.82, 2.24) is 9.97 Å². The number of hydrogen-bond acceptors (Lipinski definition) is 4. The molecule has 0 radical (unpaired) electrons. The molecule has 2 fully saturated rings. The Balaban J connectivity index is 1.20. The first kappa shape index (κ1) is 19.2. The van der Waals surface area contributed by atoms with Gasteiger partial charge in [0.05, 0.1) is 10.9 Å². The van der Waals surface area contributed by atoms with Crippen molar-refractivity contribution >= 4 is 34.1 Å². The molecule has 30 heavy (non-hydrogen) atoms. The summed E-state index contributed by atoms with van der Waals surface area (Å²) in [6.45, 7) is 1.99. The molecule has 1 aromatic heterocycles. The fourth-order valence-corrected chi connectivity index (χ4v) is 5.03. The van der Waals surface area contributed by atoms with Crippen LogP contribution >= 0.6 is 11.6 Å². The van der Waals surface area contributed by atoms with Gasteiger partial charge < -0.3 is 10.1 Å². The quantitative estimate of drug-likeness (QED) is 0.617. The largest absolute Gasteiger partial charge is 0.474 e. The summed E-state index contributed by atoms with van der Waals surface area (Å²) in [6.07, 6.45) is 3.24. The second-order valence-electron chi connectivity index (χ2n) is 8.24. The minimum absolute atomic E-state index is 0.0316. The molecule has 0 bridgehead atoms. The van der Waals surface area contributed by atoms with E-state index in [4.69, 9.17) is 16.3 Å². The second kappa shape index (κ2) is 7.51. The lowest BCUT2D eigenvalue weighted by atomic mass is 9.97. The Morgan fingerprint density at radius 1 is 1.17 bits per heavy atom. The smallest absolute Gasteiger partial charge is 0.227 e. The van der Waals surface area contributed by atoms with E-state index in [2.05, 4.69) is 15.3 Å². The number of halogens is 2. The molecule has 7 heteroatoms. The van der Waals surface area contributed by atoms with E-state index in [9.17, 15) is 9.18 Å². The SMILES string of the molecule is CC(C(=O)Nc1ccc(Cl)cc1)[C@H]1[C@@H]2C[C@@H](Oc3ncnc4ccc(F)cc34)C[C@@H]21. The highest BCUT2D eigenvalue weighted by molar-refractivity contribution is 6.30. The molecule has 5 nitrogen and oxygen atoms in total. The molecule has 1 heterocycles. The van der Waals surface area contributed by atoms with E-state index < -0.39 is 0 Å². The summed E-state index contributed by atoms with van der Waals surface area (Å²) in [4.78, 5) is 21.0.